The van der Waals surface area contributed by atoms with Crippen molar-refractivity contribution in [2.75, 3.05) is 20.3 Å². The van der Waals surface area contributed by atoms with Crippen LogP contribution in [0.25, 0.3) is 17.0 Å². The Labute approximate surface area is 209 Å². The second kappa shape index (κ2) is 10.6. The van der Waals surface area contributed by atoms with Gasteiger partial charge in [-0.2, -0.15) is 0 Å². The number of nitrogens with zero attached hydrogens (tertiary/aromatic N) is 3. The molecule has 0 radical (unpaired) electrons. The second-order valence-corrected chi connectivity index (χ2v) is 9.94. The zero-order valence-electron chi connectivity index (χ0n) is 17.8. The SMILES string of the molecule is COCCNC(=O)Cn1cc(/C=C2\SC(=S)N(Cc3cccnc3)C2=O)c2cc(Br)ccc21. The van der Waals surface area contributed by atoms with Gasteiger partial charge in [0.25, 0.3) is 5.91 Å². The lowest BCUT2D eigenvalue weighted by molar-refractivity contribution is -0.123. The van der Waals surface area contributed by atoms with Crippen LogP contribution in [0.3, 0.4) is 0 Å². The molecule has 2 aromatic heterocycles. The number of ether oxygens (including phenoxy) is 1. The third-order valence-electron chi connectivity index (χ3n) is 5.04. The number of carbonyl (C=O) groups excluding carboxylic acids is 2. The minimum atomic E-state index is -0.137. The van der Waals surface area contributed by atoms with Gasteiger partial charge < -0.3 is 14.6 Å². The zero-order valence-corrected chi connectivity index (χ0v) is 21.0. The summed E-state index contributed by atoms with van der Waals surface area (Å²) < 4.78 is 8.29. The lowest BCUT2D eigenvalue weighted by Gasteiger charge is -2.13. The van der Waals surface area contributed by atoms with Gasteiger partial charge in [-0.05, 0) is 35.9 Å². The highest BCUT2D eigenvalue weighted by Crippen LogP contribution is 2.35. The van der Waals surface area contributed by atoms with Crippen LogP contribution in [-0.2, 0) is 27.4 Å². The molecule has 3 aromatic rings. The number of methoxy groups -OCH3 is 1. The van der Waals surface area contributed by atoms with E-state index in [1.165, 1.54) is 11.8 Å². The standard InChI is InChI=1S/C23H21BrN4O3S2/c1-31-8-7-26-21(29)14-27-13-16(18-10-17(24)4-5-19(18)27)9-20-22(30)28(23(32)33-20)12-15-3-2-6-25-11-15/h2-6,9-11,13H,7-8,12,14H2,1H3,(H,26,29)/b20-9-. The molecule has 2 amide bonds. The Morgan fingerprint density at radius 3 is 2.97 bits per heavy atom. The molecule has 10 heteroatoms. The van der Waals surface area contributed by atoms with Gasteiger partial charge in [-0.1, -0.05) is 46.0 Å². The molecular formula is C23H21BrN4O3S2. The third-order valence-corrected chi connectivity index (χ3v) is 6.91. The van der Waals surface area contributed by atoms with E-state index in [1.54, 1.807) is 24.4 Å². The predicted octanol–water partition coefficient (Wildman–Crippen LogP) is 3.96. The van der Waals surface area contributed by atoms with Gasteiger partial charge in [-0.15, -0.1) is 0 Å². The molecule has 4 rings (SSSR count). The molecular weight excluding hydrogens is 524 g/mol. The molecule has 1 aliphatic rings. The minimum Gasteiger partial charge on any atom is -0.383 e. The van der Waals surface area contributed by atoms with Crippen molar-refractivity contribution in [3.05, 3.63) is 69.4 Å². The molecule has 1 N–H and O–H groups in total. The van der Waals surface area contributed by atoms with E-state index in [9.17, 15) is 9.59 Å². The van der Waals surface area contributed by atoms with Crippen molar-refractivity contribution in [2.45, 2.75) is 13.1 Å². The van der Waals surface area contributed by atoms with Crippen molar-refractivity contribution in [2.24, 2.45) is 0 Å². The van der Waals surface area contributed by atoms with Gasteiger partial charge in [0, 0.05) is 53.2 Å². The summed E-state index contributed by atoms with van der Waals surface area (Å²) in [7, 11) is 1.59. The molecule has 0 saturated carbocycles. The maximum Gasteiger partial charge on any atom is 0.266 e. The number of amides is 2. The van der Waals surface area contributed by atoms with Crippen LogP contribution in [0.5, 0.6) is 0 Å². The molecule has 170 valence electrons. The Kier molecular flexibility index (Phi) is 7.59. The van der Waals surface area contributed by atoms with Gasteiger partial charge in [0.15, 0.2) is 0 Å². The summed E-state index contributed by atoms with van der Waals surface area (Å²) in [5, 5.41) is 3.77. The number of pyridine rings is 1. The molecule has 0 spiro atoms. The van der Waals surface area contributed by atoms with Gasteiger partial charge in [0.2, 0.25) is 5.91 Å². The van der Waals surface area contributed by atoms with E-state index in [-0.39, 0.29) is 18.4 Å². The lowest BCUT2D eigenvalue weighted by Crippen LogP contribution is -2.30. The van der Waals surface area contributed by atoms with Crippen molar-refractivity contribution in [3.63, 3.8) is 0 Å². The Balaban J connectivity index is 1.61. The number of thioether (sulfide) groups is 1. The maximum absolute atomic E-state index is 13.1. The number of hydrogen-bond acceptors (Lipinski definition) is 6. The normalized spacial score (nSPS) is 15.1. The highest BCUT2D eigenvalue weighted by Gasteiger charge is 2.32. The van der Waals surface area contributed by atoms with Crippen LogP contribution >= 0.6 is 39.9 Å². The summed E-state index contributed by atoms with van der Waals surface area (Å²) in [6.07, 6.45) is 7.15. The predicted molar refractivity (Wildman–Crippen MR) is 137 cm³/mol. The van der Waals surface area contributed by atoms with E-state index in [4.69, 9.17) is 17.0 Å². The van der Waals surface area contributed by atoms with Crippen LogP contribution in [0.1, 0.15) is 11.1 Å². The van der Waals surface area contributed by atoms with Crippen LogP contribution in [0, 0.1) is 0 Å². The van der Waals surface area contributed by atoms with E-state index in [0.29, 0.717) is 28.9 Å². The first-order valence-electron chi connectivity index (χ1n) is 10.1. The number of benzene rings is 1. The van der Waals surface area contributed by atoms with Gasteiger partial charge in [0.05, 0.1) is 18.1 Å². The van der Waals surface area contributed by atoms with Crippen molar-refractivity contribution in [1.29, 1.82) is 0 Å². The van der Waals surface area contributed by atoms with Crippen LogP contribution in [0.2, 0.25) is 0 Å². The van der Waals surface area contributed by atoms with Crippen LogP contribution in [0.15, 0.2) is 58.3 Å². The average molecular weight is 545 g/mol. The fraction of sp³-hybridized carbons (Fsp3) is 0.217. The molecule has 0 atom stereocenters. The van der Waals surface area contributed by atoms with E-state index in [2.05, 4.69) is 26.2 Å². The summed E-state index contributed by atoms with van der Waals surface area (Å²) in [6.45, 7) is 1.45. The van der Waals surface area contributed by atoms with Crippen LogP contribution in [0.4, 0.5) is 0 Å². The largest absolute Gasteiger partial charge is 0.383 e. The number of carbonyl (C=O) groups is 2. The van der Waals surface area contributed by atoms with Gasteiger partial charge in [-0.3, -0.25) is 19.5 Å². The Hall–Kier alpha value is -2.53. The first kappa shape index (κ1) is 23.6. The minimum absolute atomic E-state index is 0.110. The maximum atomic E-state index is 13.1. The number of rotatable bonds is 8. The van der Waals surface area contributed by atoms with Crippen molar-refractivity contribution < 1.29 is 14.3 Å². The number of hydrogen-bond donors (Lipinski definition) is 1. The fourth-order valence-corrected chi connectivity index (χ4v) is 5.10. The summed E-state index contributed by atoms with van der Waals surface area (Å²) in [5.74, 6) is -0.247. The zero-order chi connectivity index (χ0) is 23.4. The number of fused-ring (bicyclic) bond motifs is 1. The Bertz CT molecular complexity index is 1240. The highest BCUT2D eigenvalue weighted by molar-refractivity contribution is 9.10. The molecule has 7 nitrogen and oxygen atoms in total. The smallest absolute Gasteiger partial charge is 0.266 e. The Morgan fingerprint density at radius 1 is 1.36 bits per heavy atom. The number of thiocarbonyl (C=S) groups is 1. The monoisotopic (exact) mass is 544 g/mol. The van der Waals surface area contributed by atoms with Gasteiger partial charge in [-0.25, -0.2) is 0 Å². The molecule has 1 aromatic carbocycles. The summed E-state index contributed by atoms with van der Waals surface area (Å²) >= 11 is 10.3. The van der Waals surface area contributed by atoms with Crippen molar-refractivity contribution in [1.82, 2.24) is 19.8 Å². The average Bonchev–Trinajstić information content (AvgIpc) is 3.26. The summed E-state index contributed by atoms with van der Waals surface area (Å²) in [4.78, 5) is 31.7. The van der Waals surface area contributed by atoms with E-state index >= 15 is 0 Å². The van der Waals surface area contributed by atoms with Crippen LogP contribution < -0.4 is 5.32 Å². The fourth-order valence-electron chi connectivity index (χ4n) is 3.50. The quantitative estimate of drug-likeness (QED) is 0.263. The summed E-state index contributed by atoms with van der Waals surface area (Å²) in [6, 6.07) is 9.61. The lowest BCUT2D eigenvalue weighted by atomic mass is 10.1. The molecule has 33 heavy (non-hydrogen) atoms. The molecule has 1 aliphatic heterocycles. The molecule has 1 fully saturated rings. The van der Waals surface area contributed by atoms with Gasteiger partial charge in [0.1, 0.15) is 10.9 Å². The number of halogens is 1. The summed E-state index contributed by atoms with van der Waals surface area (Å²) in [5.41, 5.74) is 2.66. The van der Waals surface area contributed by atoms with Crippen LogP contribution in [-0.4, -0.2) is 50.8 Å². The van der Waals surface area contributed by atoms with Crippen molar-refractivity contribution >= 4 is 73.0 Å². The molecule has 1 saturated heterocycles. The molecule has 0 unspecified atom stereocenters. The van der Waals surface area contributed by atoms with Gasteiger partial charge >= 0.3 is 0 Å². The first-order valence-corrected chi connectivity index (χ1v) is 12.2. The highest BCUT2D eigenvalue weighted by atomic mass is 79.9. The molecule has 0 bridgehead atoms. The molecule has 0 aliphatic carbocycles. The number of nitrogens with one attached hydrogen (secondary N) is 1. The van der Waals surface area contributed by atoms with E-state index in [1.807, 2.05) is 47.2 Å². The second-order valence-electron chi connectivity index (χ2n) is 7.35. The number of aromatic nitrogens is 2. The van der Waals surface area contributed by atoms with E-state index < -0.39 is 0 Å². The third kappa shape index (κ3) is 5.52. The van der Waals surface area contributed by atoms with E-state index in [0.717, 1.165) is 26.5 Å². The molecule has 3 heterocycles. The first-order chi connectivity index (χ1) is 16.0. The topological polar surface area (TPSA) is 76.5 Å². The van der Waals surface area contributed by atoms with Crippen molar-refractivity contribution in [3.8, 4) is 0 Å². The Morgan fingerprint density at radius 2 is 2.21 bits per heavy atom.